The van der Waals surface area contributed by atoms with Gasteiger partial charge in [0.25, 0.3) is 0 Å². The standard InChI is InChI=1S/C12H15BrN2O5S/c1-3-14-11(16)7(2)15-21(19,20)10-5-4-8(12(17)18)6-9(10)13/h4-7,15H,3H2,1-2H3,(H,14,16)(H,17,18). The van der Waals surface area contributed by atoms with Crippen molar-refractivity contribution in [2.45, 2.75) is 24.8 Å². The normalized spacial score (nSPS) is 12.7. The number of carboxylic acid groups (broad SMARTS) is 1. The van der Waals surface area contributed by atoms with Crippen molar-refractivity contribution in [1.29, 1.82) is 0 Å². The highest BCUT2D eigenvalue weighted by molar-refractivity contribution is 9.10. The van der Waals surface area contributed by atoms with Gasteiger partial charge in [-0.15, -0.1) is 0 Å². The van der Waals surface area contributed by atoms with Gasteiger partial charge < -0.3 is 10.4 Å². The molecule has 1 aromatic rings. The maximum Gasteiger partial charge on any atom is 0.335 e. The fraction of sp³-hybridized carbons (Fsp3) is 0.333. The van der Waals surface area contributed by atoms with Gasteiger partial charge in [0.2, 0.25) is 15.9 Å². The minimum Gasteiger partial charge on any atom is -0.478 e. The molecule has 7 nitrogen and oxygen atoms in total. The van der Waals surface area contributed by atoms with Gasteiger partial charge in [0.15, 0.2) is 0 Å². The Morgan fingerprint density at radius 2 is 2.00 bits per heavy atom. The number of carbonyl (C=O) groups excluding carboxylic acids is 1. The Balaban J connectivity index is 3.03. The molecule has 0 fully saturated rings. The van der Waals surface area contributed by atoms with E-state index in [0.29, 0.717) is 6.54 Å². The van der Waals surface area contributed by atoms with E-state index in [1.165, 1.54) is 25.1 Å². The lowest BCUT2D eigenvalue weighted by molar-refractivity contribution is -0.122. The molecule has 1 atom stereocenters. The fourth-order valence-corrected chi connectivity index (χ4v) is 3.81. The Hall–Kier alpha value is -1.45. The monoisotopic (exact) mass is 378 g/mol. The summed E-state index contributed by atoms with van der Waals surface area (Å²) in [6, 6.07) is 2.59. The Kier molecular flexibility index (Phi) is 5.87. The highest BCUT2D eigenvalue weighted by Crippen LogP contribution is 2.23. The first-order chi connectivity index (χ1) is 9.69. The van der Waals surface area contributed by atoms with Crippen LogP contribution in [0.25, 0.3) is 0 Å². The van der Waals surface area contributed by atoms with E-state index >= 15 is 0 Å². The second-order valence-corrected chi connectivity index (χ2v) is 6.72. The molecule has 0 heterocycles. The fourth-order valence-electron chi connectivity index (χ4n) is 1.53. The predicted molar refractivity (Wildman–Crippen MR) is 79.6 cm³/mol. The summed E-state index contributed by atoms with van der Waals surface area (Å²) >= 11 is 3.03. The van der Waals surface area contributed by atoms with E-state index in [4.69, 9.17) is 5.11 Å². The SMILES string of the molecule is CCNC(=O)C(C)NS(=O)(=O)c1ccc(C(=O)O)cc1Br. The summed E-state index contributed by atoms with van der Waals surface area (Å²) in [7, 11) is -3.95. The first-order valence-electron chi connectivity index (χ1n) is 6.02. The van der Waals surface area contributed by atoms with Crippen molar-refractivity contribution in [3.63, 3.8) is 0 Å². The number of nitrogens with one attached hydrogen (secondary N) is 2. The van der Waals surface area contributed by atoms with Crippen molar-refractivity contribution in [3.8, 4) is 0 Å². The van der Waals surface area contributed by atoms with E-state index in [1.807, 2.05) is 0 Å². The number of hydrogen-bond acceptors (Lipinski definition) is 4. The molecule has 0 spiro atoms. The molecular formula is C12H15BrN2O5S. The van der Waals surface area contributed by atoms with Crippen LogP contribution in [0.3, 0.4) is 0 Å². The third-order valence-corrected chi connectivity index (χ3v) is 5.06. The van der Waals surface area contributed by atoms with Gasteiger partial charge in [0.05, 0.1) is 16.5 Å². The molecule has 0 saturated heterocycles. The molecule has 116 valence electrons. The first kappa shape index (κ1) is 17.6. The van der Waals surface area contributed by atoms with Gasteiger partial charge in [-0.1, -0.05) is 0 Å². The van der Waals surface area contributed by atoms with Gasteiger partial charge >= 0.3 is 5.97 Å². The number of carbonyl (C=O) groups is 2. The summed E-state index contributed by atoms with van der Waals surface area (Å²) in [5.41, 5.74) is -0.0439. The molecule has 0 aliphatic carbocycles. The summed E-state index contributed by atoms with van der Waals surface area (Å²) in [6.07, 6.45) is 0. The minimum absolute atomic E-state index is 0.0439. The summed E-state index contributed by atoms with van der Waals surface area (Å²) in [4.78, 5) is 22.2. The molecule has 0 aliphatic rings. The molecule has 1 rings (SSSR count). The van der Waals surface area contributed by atoms with Crippen LogP contribution in [-0.4, -0.2) is 38.0 Å². The van der Waals surface area contributed by atoms with E-state index in [-0.39, 0.29) is 14.9 Å². The molecule has 0 saturated carbocycles. The van der Waals surface area contributed by atoms with Crippen LogP contribution in [0, 0.1) is 0 Å². The lowest BCUT2D eigenvalue weighted by atomic mass is 10.2. The van der Waals surface area contributed by atoms with Crippen LogP contribution in [-0.2, 0) is 14.8 Å². The van der Waals surface area contributed by atoms with Crippen LogP contribution >= 0.6 is 15.9 Å². The highest BCUT2D eigenvalue weighted by Gasteiger charge is 2.24. The van der Waals surface area contributed by atoms with Crippen molar-refractivity contribution >= 4 is 37.8 Å². The highest BCUT2D eigenvalue weighted by atomic mass is 79.9. The molecule has 1 amide bonds. The number of carboxylic acids is 1. The molecule has 9 heteroatoms. The zero-order valence-electron chi connectivity index (χ0n) is 11.4. The molecule has 0 aliphatic heterocycles. The number of hydrogen-bond donors (Lipinski definition) is 3. The molecule has 0 bridgehead atoms. The minimum atomic E-state index is -3.95. The molecule has 1 aromatic carbocycles. The third-order valence-electron chi connectivity index (χ3n) is 2.54. The van der Waals surface area contributed by atoms with Gasteiger partial charge in [-0.25, -0.2) is 13.2 Å². The van der Waals surface area contributed by atoms with E-state index in [2.05, 4.69) is 26.0 Å². The number of rotatable bonds is 6. The van der Waals surface area contributed by atoms with E-state index in [0.717, 1.165) is 0 Å². The predicted octanol–water partition coefficient (Wildman–Crippen LogP) is 0.950. The Morgan fingerprint density at radius 1 is 1.38 bits per heavy atom. The number of likely N-dealkylation sites (N-methyl/N-ethyl adjacent to an activating group) is 1. The summed E-state index contributed by atoms with van der Waals surface area (Å²) in [5, 5.41) is 11.3. The van der Waals surface area contributed by atoms with Crippen molar-refractivity contribution in [1.82, 2.24) is 10.0 Å². The Labute approximate surface area is 130 Å². The number of sulfonamides is 1. The Bertz CT molecular complexity index is 660. The van der Waals surface area contributed by atoms with Crippen LogP contribution in [0.2, 0.25) is 0 Å². The molecule has 0 aromatic heterocycles. The first-order valence-corrected chi connectivity index (χ1v) is 8.29. The van der Waals surface area contributed by atoms with Crippen molar-refractivity contribution in [2.75, 3.05) is 6.54 Å². The van der Waals surface area contributed by atoms with E-state index in [1.54, 1.807) is 6.92 Å². The van der Waals surface area contributed by atoms with E-state index < -0.39 is 27.9 Å². The second kappa shape index (κ2) is 7.01. The summed E-state index contributed by atoms with van der Waals surface area (Å²) in [5.74, 6) is -1.61. The van der Waals surface area contributed by atoms with E-state index in [9.17, 15) is 18.0 Å². The molecule has 3 N–H and O–H groups in total. The third kappa shape index (κ3) is 4.51. The zero-order valence-corrected chi connectivity index (χ0v) is 13.8. The van der Waals surface area contributed by atoms with Crippen molar-refractivity contribution in [3.05, 3.63) is 28.2 Å². The quantitative estimate of drug-likeness (QED) is 0.681. The summed E-state index contributed by atoms with van der Waals surface area (Å²) < 4.78 is 26.7. The molecular weight excluding hydrogens is 364 g/mol. The van der Waals surface area contributed by atoms with Gasteiger partial charge in [0, 0.05) is 11.0 Å². The van der Waals surface area contributed by atoms with Crippen LogP contribution in [0.1, 0.15) is 24.2 Å². The van der Waals surface area contributed by atoms with Crippen LogP contribution in [0.15, 0.2) is 27.6 Å². The van der Waals surface area contributed by atoms with Crippen LogP contribution < -0.4 is 10.0 Å². The van der Waals surface area contributed by atoms with Gasteiger partial charge in [-0.2, -0.15) is 4.72 Å². The van der Waals surface area contributed by atoms with Gasteiger partial charge in [-0.3, -0.25) is 4.79 Å². The number of amides is 1. The second-order valence-electron chi connectivity index (χ2n) is 4.19. The van der Waals surface area contributed by atoms with Crippen molar-refractivity contribution in [2.24, 2.45) is 0 Å². The average molecular weight is 379 g/mol. The topological polar surface area (TPSA) is 113 Å². The zero-order chi connectivity index (χ0) is 16.2. The molecule has 21 heavy (non-hydrogen) atoms. The number of benzene rings is 1. The van der Waals surface area contributed by atoms with Crippen molar-refractivity contribution < 1.29 is 23.1 Å². The van der Waals surface area contributed by atoms with Gasteiger partial charge in [0.1, 0.15) is 0 Å². The maximum absolute atomic E-state index is 12.2. The molecule has 0 radical (unpaired) electrons. The van der Waals surface area contributed by atoms with Crippen LogP contribution in [0.4, 0.5) is 0 Å². The van der Waals surface area contributed by atoms with Crippen LogP contribution in [0.5, 0.6) is 0 Å². The average Bonchev–Trinajstić information content (AvgIpc) is 2.37. The summed E-state index contributed by atoms with van der Waals surface area (Å²) in [6.45, 7) is 3.53. The molecule has 1 unspecified atom stereocenters. The lowest BCUT2D eigenvalue weighted by Crippen LogP contribution is -2.44. The Morgan fingerprint density at radius 3 is 2.48 bits per heavy atom. The largest absolute Gasteiger partial charge is 0.478 e. The number of aromatic carboxylic acids is 1. The maximum atomic E-state index is 12.2. The smallest absolute Gasteiger partial charge is 0.335 e. The number of halogens is 1. The van der Waals surface area contributed by atoms with Gasteiger partial charge in [-0.05, 0) is 48.0 Å². The lowest BCUT2D eigenvalue weighted by Gasteiger charge is -2.14.